The third-order valence-electron chi connectivity index (χ3n) is 6.00. The molecule has 30 heavy (non-hydrogen) atoms. The molecule has 1 aromatic rings. The van der Waals surface area contributed by atoms with Gasteiger partial charge < -0.3 is 10.4 Å². The maximum Gasteiger partial charge on any atom is 0.314 e. The summed E-state index contributed by atoms with van der Waals surface area (Å²) in [5, 5.41) is 12.1. The minimum atomic E-state index is -1.09. The van der Waals surface area contributed by atoms with Gasteiger partial charge in [-0.15, -0.1) is 0 Å². The normalized spacial score (nSPS) is 16.8. The van der Waals surface area contributed by atoms with Gasteiger partial charge in [0.05, 0.1) is 5.69 Å². The fourth-order valence-corrected chi connectivity index (χ4v) is 5.06. The van der Waals surface area contributed by atoms with Crippen LogP contribution in [0.5, 0.6) is 0 Å². The van der Waals surface area contributed by atoms with E-state index in [4.69, 9.17) is 0 Å². The van der Waals surface area contributed by atoms with Gasteiger partial charge in [-0.1, -0.05) is 58.6 Å². The van der Waals surface area contributed by atoms with Crippen molar-refractivity contribution in [2.45, 2.75) is 83.5 Å². The molecule has 6 heteroatoms. The summed E-state index contributed by atoms with van der Waals surface area (Å²) in [6, 6.07) is 7.19. The Morgan fingerprint density at radius 2 is 1.77 bits per heavy atom. The lowest BCUT2D eigenvalue weighted by Gasteiger charge is -2.36. The van der Waals surface area contributed by atoms with Gasteiger partial charge in [-0.3, -0.25) is 14.4 Å². The molecule has 1 fully saturated rings. The van der Waals surface area contributed by atoms with Gasteiger partial charge in [0, 0.05) is 10.3 Å². The molecular formula is C24H35NO4S. The smallest absolute Gasteiger partial charge is 0.314 e. The van der Waals surface area contributed by atoms with Crippen molar-refractivity contribution in [3.8, 4) is 0 Å². The predicted molar refractivity (Wildman–Crippen MR) is 122 cm³/mol. The Morgan fingerprint density at radius 3 is 2.37 bits per heavy atom. The summed E-state index contributed by atoms with van der Waals surface area (Å²) in [6.45, 7) is 6.23. The molecule has 1 aromatic carbocycles. The van der Waals surface area contributed by atoms with Gasteiger partial charge in [0.2, 0.25) is 11.0 Å². The van der Waals surface area contributed by atoms with Gasteiger partial charge in [0.1, 0.15) is 5.92 Å². The van der Waals surface area contributed by atoms with E-state index in [2.05, 4.69) is 19.2 Å². The molecule has 0 saturated heterocycles. The molecule has 1 saturated carbocycles. The van der Waals surface area contributed by atoms with E-state index in [-0.39, 0.29) is 11.3 Å². The molecule has 1 atom stereocenters. The average Bonchev–Trinajstić information content (AvgIpc) is 2.72. The predicted octanol–water partition coefficient (Wildman–Crippen LogP) is 6.13. The molecule has 0 radical (unpaired) electrons. The van der Waals surface area contributed by atoms with Crippen LogP contribution >= 0.6 is 11.8 Å². The number of benzene rings is 1. The summed E-state index contributed by atoms with van der Waals surface area (Å²) in [5.74, 6) is -1.54. The van der Waals surface area contributed by atoms with Crippen molar-refractivity contribution in [2.75, 3.05) is 5.32 Å². The maximum absolute atomic E-state index is 13.4. The molecular weight excluding hydrogens is 398 g/mol. The number of carbonyl (C=O) groups is 3. The lowest BCUT2D eigenvalue weighted by Crippen LogP contribution is -2.38. The second-order valence-electron chi connectivity index (χ2n) is 8.82. The summed E-state index contributed by atoms with van der Waals surface area (Å²) in [5.41, 5.74) is 0.242. The molecule has 0 bridgehead atoms. The van der Waals surface area contributed by atoms with Crippen molar-refractivity contribution < 1.29 is 19.5 Å². The molecule has 0 aromatic heterocycles. The maximum atomic E-state index is 13.4. The molecule has 0 aliphatic heterocycles. The van der Waals surface area contributed by atoms with Crippen LogP contribution in [0.1, 0.15) is 78.6 Å². The van der Waals surface area contributed by atoms with Crippen LogP contribution in [-0.4, -0.2) is 22.1 Å². The number of hydrogen-bond acceptors (Lipinski definition) is 4. The number of rotatable bonds is 10. The van der Waals surface area contributed by atoms with Crippen LogP contribution in [0.2, 0.25) is 0 Å². The van der Waals surface area contributed by atoms with Crippen LogP contribution in [0.25, 0.3) is 0 Å². The van der Waals surface area contributed by atoms with Gasteiger partial charge >= 0.3 is 5.97 Å². The molecule has 1 aliphatic rings. The van der Waals surface area contributed by atoms with Crippen LogP contribution in [0.15, 0.2) is 29.2 Å². The quantitative estimate of drug-likeness (QED) is 0.342. The lowest BCUT2D eigenvalue weighted by molar-refractivity contribution is -0.144. The number of anilines is 1. The third kappa shape index (κ3) is 6.59. The average molecular weight is 434 g/mol. The Labute approximate surface area is 184 Å². The van der Waals surface area contributed by atoms with Gasteiger partial charge in [-0.05, 0) is 61.9 Å². The van der Waals surface area contributed by atoms with Crippen molar-refractivity contribution in [3.05, 3.63) is 24.3 Å². The summed E-state index contributed by atoms with van der Waals surface area (Å²) in [4.78, 5) is 38.0. The van der Waals surface area contributed by atoms with Crippen molar-refractivity contribution in [1.82, 2.24) is 0 Å². The number of aliphatic carboxylic acids is 1. The zero-order valence-electron chi connectivity index (χ0n) is 18.4. The largest absolute Gasteiger partial charge is 0.481 e. The van der Waals surface area contributed by atoms with Gasteiger partial charge in [0.15, 0.2) is 0 Å². The molecule has 2 N–H and O–H groups in total. The van der Waals surface area contributed by atoms with Gasteiger partial charge in [-0.2, -0.15) is 0 Å². The van der Waals surface area contributed by atoms with E-state index >= 15 is 0 Å². The summed E-state index contributed by atoms with van der Waals surface area (Å²) in [7, 11) is 0. The van der Waals surface area contributed by atoms with Crippen LogP contribution in [0.4, 0.5) is 5.69 Å². The van der Waals surface area contributed by atoms with Crippen molar-refractivity contribution in [1.29, 1.82) is 0 Å². The Kier molecular flexibility index (Phi) is 9.40. The minimum absolute atomic E-state index is 0.0340. The highest BCUT2D eigenvalue weighted by Crippen LogP contribution is 2.42. The van der Waals surface area contributed by atoms with E-state index in [9.17, 15) is 19.5 Å². The molecule has 2 rings (SSSR count). The lowest BCUT2D eigenvalue weighted by atomic mass is 9.69. The Morgan fingerprint density at radius 1 is 1.10 bits per heavy atom. The standard InChI is InChI=1S/C24H35NO4S/c1-4-10-18(21(26)27)22(28)30-20-12-7-6-11-19(20)25-23(29)24(16-13-17(2)3)14-8-5-9-15-24/h6-7,11-12,17-18H,4-5,8-10,13-16H2,1-3H3,(H,25,29)(H,26,27). The van der Waals surface area contributed by atoms with Gasteiger partial charge in [0.25, 0.3) is 0 Å². The number of nitrogens with one attached hydrogen (secondary N) is 1. The zero-order valence-corrected chi connectivity index (χ0v) is 19.2. The molecule has 5 nitrogen and oxygen atoms in total. The number of amides is 1. The van der Waals surface area contributed by atoms with Crippen molar-refractivity contribution in [3.63, 3.8) is 0 Å². The number of para-hydroxylation sites is 1. The monoisotopic (exact) mass is 433 g/mol. The SMILES string of the molecule is CCCC(C(=O)O)C(=O)Sc1ccccc1NC(=O)C1(CCC(C)C)CCCCC1. The van der Waals surface area contributed by atoms with Crippen LogP contribution in [-0.2, 0) is 14.4 Å². The molecule has 0 spiro atoms. The third-order valence-corrected chi connectivity index (χ3v) is 7.06. The van der Waals surface area contributed by atoms with E-state index in [1.54, 1.807) is 18.2 Å². The van der Waals surface area contributed by atoms with E-state index in [1.807, 2.05) is 13.0 Å². The Balaban J connectivity index is 2.18. The fraction of sp³-hybridized carbons (Fsp3) is 0.625. The molecule has 1 unspecified atom stereocenters. The van der Waals surface area contributed by atoms with Crippen LogP contribution < -0.4 is 5.32 Å². The Bertz CT molecular complexity index is 740. The zero-order chi connectivity index (χ0) is 22.1. The first-order chi connectivity index (χ1) is 14.3. The summed E-state index contributed by atoms with van der Waals surface area (Å²) >= 11 is 0.918. The van der Waals surface area contributed by atoms with Crippen molar-refractivity contribution in [2.24, 2.45) is 17.3 Å². The molecule has 166 valence electrons. The van der Waals surface area contributed by atoms with E-state index in [0.29, 0.717) is 29.3 Å². The first kappa shape index (κ1) is 24.4. The topological polar surface area (TPSA) is 83.5 Å². The van der Waals surface area contributed by atoms with Crippen LogP contribution in [0.3, 0.4) is 0 Å². The highest BCUT2D eigenvalue weighted by Gasteiger charge is 2.39. The van der Waals surface area contributed by atoms with Crippen molar-refractivity contribution >= 4 is 34.4 Å². The number of carboxylic acid groups (broad SMARTS) is 1. The molecule has 1 aliphatic carbocycles. The first-order valence-electron chi connectivity index (χ1n) is 11.1. The second-order valence-corrected chi connectivity index (χ2v) is 9.87. The molecule has 1 amide bonds. The fourth-order valence-electron chi connectivity index (χ4n) is 4.11. The summed E-state index contributed by atoms with van der Waals surface area (Å²) < 4.78 is 0. The summed E-state index contributed by atoms with van der Waals surface area (Å²) in [6.07, 6.45) is 7.94. The first-order valence-corrected chi connectivity index (χ1v) is 12.0. The highest BCUT2D eigenvalue weighted by atomic mass is 32.2. The Hall–Kier alpha value is -1.82. The highest BCUT2D eigenvalue weighted by molar-refractivity contribution is 8.13. The number of carbonyl (C=O) groups excluding carboxylic acids is 2. The van der Waals surface area contributed by atoms with E-state index in [0.717, 1.165) is 50.3 Å². The number of carboxylic acids is 1. The number of hydrogen-bond donors (Lipinski definition) is 2. The van der Waals surface area contributed by atoms with Gasteiger partial charge in [-0.25, -0.2) is 0 Å². The van der Waals surface area contributed by atoms with E-state index in [1.165, 1.54) is 6.42 Å². The molecule has 0 heterocycles. The van der Waals surface area contributed by atoms with E-state index < -0.39 is 17.0 Å². The minimum Gasteiger partial charge on any atom is -0.481 e. The van der Waals surface area contributed by atoms with Crippen LogP contribution in [0, 0.1) is 17.3 Å². The second kappa shape index (κ2) is 11.5. The number of thioether (sulfide) groups is 1.